The second-order valence-electron chi connectivity index (χ2n) is 6.02. The van der Waals surface area contributed by atoms with Crippen molar-refractivity contribution in [3.63, 3.8) is 0 Å². The monoisotopic (exact) mass is 469 g/mol. The van der Waals surface area contributed by atoms with Gasteiger partial charge in [-0.2, -0.15) is 11.8 Å². The van der Waals surface area contributed by atoms with Crippen LogP contribution in [0.1, 0.15) is 19.5 Å². The molecule has 1 fully saturated rings. The van der Waals surface area contributed by atoms with Gasteiger partial charge in [0.25, 0.3) is 0 Å². The van der Waals surface area contributed by atoms with Crippen LogP contribution < -0.4 is 10.2 Å². The molecule has 2 rings (SSSR count). The molecule has 1 unspecified atom stereocenters. The Bertz CT molecular complexity index is 504. The van der Waals surface area contributed by atoms with Crippen molar-refractivity contribution in [2.45, 2.75) is 25.6 Å². The van der Waals surface area contributed by atoms with Gasteiger partial charge in [0.15, 0.2) is 11.1 Å². The fourth-order valence-electron chi connectivity index (χ4n) is 2.36. The molecular weight excluding hydrogens is 441 g/mol. The van der Waals surface area contributed by atoms with Gasteiger partial charge >= 0.3 is 0 Å². The fourth-order valence-corrected chi connectivity index (χ4v) is 4.41. The van der Waals surface area contributed by atoms with Crippen LogP contribution in [0.15, 0.2) is 10.4 Å². The highest BCUT2D eigenvalue weighted by Crippen LogP contribution is 2.25. The Labute approximate surface area is 165 Å². The summed E-state index contributed by atoms with van der Waals surface area (Å²) in [7, 11) is 5.90. The number of hydrogen-bond acceptors (Lipinski definition) is 5. The van der Waals surface area contributed by atoms with Crippen molar-refractivity contribution in [1.82, 2.24) is 15.2 Å². The van der Waals surface area contributed by atoms with E-state index in [0.29, 0.717) is 11.2 Å². The third kappa shape index (κ3) is 5.97. The molecule has 132 valence electrons. The smallest absolute Gasteiger partial charge is 0.194 e. The van der Waals surface area contributed by atoms with Crippen LogP contribution in [0, 0.1) is 5.92 Å². The van der Waals surface area contributed by atoms with E-state index in [1.54, 1.807) is 11.3 Å². The fraction of sp³-hybridized carbons (Fsp3) is 0.733. The second-order valence-corrected chi connectivity index (χ2v) is 8.20. The van der Waals surface area contributed by atoms with Crippen molar-refractivity contribution >= 4 is 58.2 Å². The summed E-state index contributed by atoms with van der Waals surface area (Å²) in [6.07, 6.45) is 0. The summed E-state index contributed by atoms with van der Waals surface area (Å²) in [5.74, 6) is 2.86. The van der Waals surface area contributed by atoms with Gasteiger partial charge in [-0.05, 0) is 5.92 Å². The van der Waals surface area contributed by atoms with Gasteiger partial charge in [0.05, 0.1) is 12.2 Å². The first kappa shape index (κ1) is 20.8. The molecule has 23 heavy (non-hydrogen) atoms. The van der Waals surface area contributed by atoms with E-state index in [0.717, 1.165) is 36.4 Å². The van der Waals surface area contributed by atoms with Crippen molar-refractivity contribution in [2.24, 2.45) is 10.9 Å². The number of aromatic nitrogens is 1. The van der Waals surface area contributed by atoms with Crippen LogP contribution in [-0.4, -0.2) is 61.1 Å². The van der Waals surface area contributed by atoms with Crippen molar-refractivity contribution in [2.75, 3.05) is 44.9 Å². The van der Waals surface area contributed by atoms with Gasteiger partial charge in [0.2, 0.25) is 0 Å². The van der Waals surface area contributed by atoms with E-state index in [2.05, 4.69) is 51.2 Å². The standard InChI is InChI=1S/C15H27N5S2.HI/c1-11(2)13-9-20(6-7-21-13)14(16-3)17-8-12-10-22-15(18-12)19(4)5;/h10-11,13H,6-9H2,1-5H3,(H,16,17);1H. The Morgan fingerprint density at radius 1 is 1.52 bits per heavy atom. The number of hydrogen-bond donors (Lipinski definition) is 1. The number of aliphatic imine (C=N–C) groups is 1. The number of nitrogens with zero attached hydrogens (tertiary/aromatic N) is 4. The van der Waals surface area contributed by atoms with E-state index in [4.69, 9.17) is 0 Å². The summed E-state index contributed by atoms with van der Waals surface area (Å²) in [5.41, 5.74) is 1.07. The highest BCUT2D eigenvalue weighted by Gasteiger charge is 2.24. The van der Waals surface area contributed by atoms with E-state index in [9.17, 15) is 0 Å². The molecule has 0 amide bonds. The highest BCUT2D eigenvalue weighted by atomic mass is 127. The molecule has 5 nitrogen and oxygen atoms in total. The minimum Gasteiger partial charge on any atom is -0.354 e. The summed E-state index contributed by atoms with van der Waals surface area (Å²) >= 11 is 3.76. The van der Waals surface area contributed by atoms with Crippen molar-refractivity contribution < 1.29 is 0 Å². The summed E-state index contributed by atoms with van der Waals surface area (Å²) in [6, 6.07) is 0. The summed E-state index contributed by atoms with van der Waals surface area (Å²) in [4.78, 5) is 13.5. The number of thioether (sulfide) groups is 1. The van der Waals surface area contributed by atoms with Crippen molar-refractivity contribution in [1.29, 1.82) is 0 Å². The van der Waals surface area contributed by atoms with Crippen LogP contribution in [0.3, 0.4) is 0 Å². The van der Waals surface area contributed by atoms with E-state index < -0.39 is 0 Å². The van der Waals surface area contributed by atoms with E-state index in [-0.39, 0.29) is 24.0 Å². The molecule has 0 aliphatic carbocycles. The predicted octanol–water partition coefficient (Wildman–Crippen LogP) is 2.98. The van der Waals surface area contributed by atoms with Crippen LogP contribution in [0.5, 0.6) is 0 Å². The largest absolute Gasteiger partial charge is 0.354 e. The molecule has 1 aliphatic heterocycles. The van der Waals surface area contributed by atoms with Gasteiger partial charge in [-0.25, -0.2) is 4.98 Å². The first-order valence-corrected chi connectivity index (χ1v) is 9.63. The molecule has 0 bridgehead atoms. The zero-order chi connectivity index (χ0) is 16.1. The molecule has 2 heterocycles. The normalized spacial score (nSPS) is 18.8. The van der Waals surface area contributed by atoms with Gasteiger partial charge in [-0.1, -0.05) is 13.8 Å². The minimum atomic E-state index is 0. The zero-order valence-electron chi connectivity index (χ0n) is 14.6. The first-order chi connectivity index (χ1) is 10.5. The third-order valence-electron chi connectivity index (χ3n) is 3.70. The lowest BCUT2D eigenvalue weighted by molar-refractivity contribution is 0.380. The maximum absolute atomic E-state index is 4.61. The summed E-state index contributed by atoms with van der Waals surface area (Å²) in [5, 5.41) is 7.30. The molecule has 1 saturated heterocycles. The predicted molar refractivity (Wildman–Crippen MR) is 115 cm³/mol. The summed E-state index contributed by atoms with van der Waals surface area (Å²) in [6.45, 7) is 7.47. The van der Waals surface area contributed by atoms with Gasteiger partial charge in [-0.3, -0.25) is 4.99 Å². The van der Waals surface area contributed by atoms with Crippen LogP contribution in [0.4, 0.5) is 5.13 Å². The average Bonchev–Trinajstić information content (AvgIpc) is 2.97. The maximum atomic E-state index is 4.61. The van der Waals surface area contributed by atoms with Crippen LogP contribution in [0.25, 0.3) is 0 Å². The van der Waals surface area contributed by atoms with Gasteiger partial charge in [-0.15, -0.1) is 35.3 Å². The summed E-state index contributed by atoms with van der Waals surface area (Å²) < 4.78 is 0. The Hall–Kier alpha value is -0.220. The number of nitrogens with one attached hydrogen (secondary N) is 1. The van der Waals surface area contributed by atoms with Gasteiger partial charge in [0, 0.05) is 50.6 Å². The topological polar surface area (TPSA) is 43.8 Å². The van der Waals surface area contributed by atoms with E-state index in [1.165, 1.54) is 5.75 Å². The SMILES string of the molecule is CN=C(NCc1csc(N(C)C)n1)N1CCSC(C(C)C)C1.I. The molecular formula is C15H28IN5S2. The first-order valence-electron chi connectivity index (χ1n) is 7.70. The maximum Gasteiger partial charge on any atom is 0.194 e. The van der Waals surface area contributed by atoms with Crippen LogP contribution >= 0.6 is 47.1 Å². The molecule has 1 atom stereocenters. The molecule has 0 aromatic carbocycles. The number of rotatable bonds is 4. The minimum absolute atomic E-state index is 0. The van der Waals surface area contributed by atoms with E-state index in [1.807, 2.05) is 26.0 Å². The van der Waals surface area contributed by atoms with Crippen molar-refractivity contribution in [3.05, 3.63) is 11.1 Å². The Morgan fingerprint density at radius 2 is 2.26 bits per heavy atom. The lowest BCUT2D eigenvalue weighted by Gasteiger charge is -2.36. The molecule has 1 aliphatic rings. The molecule has 1 aromatic heterocycles. The number of thiazole rings is 1. The lowest BCUT2D eigenvalue weighted by atomic mass is 10.1. The van der Waals surface area contributed by atoms with Crippen LogP contribution in [0.2, 0.25) is 0 Å². The number of guanidine groups is 1. The molecule has 1 N–H and O–H groups in total. The molecule has 8 heteroatoms. The quantitative estimate of drug-likeness (QED) is 0.418. The Kier molecular flexibility index (Phi) is 8.99. The molecule has 0 saturated carbocycles. The zero-order valence-corrected chi connectivity index (χ0v) is 18.5. The van der Waals surface area contributed by atoms with E-state index >= 15 is 0 Å². The molecule has 0 spiro atoms. The Balaban J connectivity index is 0.00000264. The third-order valence-corrected chi connectivity index (χ3v) is 6.30. The average molecular weight is 469 g/mol. The number of anilines is 1. The molecule has 0 radical (unpaired) electrons. The van der Waals surface area contributed by atoms with Crippen molar-refractivity contribution in [3.8, 4) is 0 Å². The highest BCUT2D eigenvalue weighted by molar-refractivity contribution is 14.0. The lowest BCUT2D eigenvalue weighted by Crippen LogP contribution is -2.48. The second kappa shape index (κ2) is 9.93. The molecule has 1 aromatic rings. The van der Waals surface area contributed by atoms with Gasteiger partial charge < -0.3 is 15.1 Å². The Morgan fingerprint density at radius 3 is 2.83 bits per heavy atom. The number of halogens is 1. The van der Waals surface area contributed by atoms with Gasteiger partial charge in [0.1, 0.15) is 0 Å². The van der Waals surface area contributed by atoms with Crippen LogP contribution in [-0.2, 0) is 6.54 Å².